The molecule has 18 heavy (non-hydrogen) atoms. The summed E-state index contributed by atoms with van der Waals surface area (Å²) in [6.45, 7) is 3.14. The highest BCUT2D eigenvalue weighted by molar-refractivity contribution is 9.09. The number of hydrogen-bond acceptors (Lipinski definition) is 2. The van der Waals surface area contributed by atoms with Gasteiger partial charge in [-0.2, -0.15) is 4.31 Å². The minimum absolute atomic E-state index is 0.264. The minimum atomic E-state index is -3.33. The van der Waals surface area contributed by atoms with E-state index in [9.17, 15) is 8.42 Å². The molecule has 1 fully saturated rings. The van der Waals surface area contributed by atoms with Crippen molar-refractivity contribution < 1.29 is 8.42 Å². The van der Waals surface area contributed by atoms with Gasteiger partial charge in [0.2, 0.25) is 10.0 Å². The summed E-state index contributed by atoms with van der Waals surface area (Å²) in [6.07, 6.45) is 3.06. The number of rotatable bonds is 2. The summed E-state index contributed by atoms with van der Waals surface area (Å²) in [5, 5.41) is 0. The van der Waals surface area contributed by atoms with Gasteiger partial charge in [0.15, 0.2) is 0 Å². The van der Waals surface area contributed by atoms with Crippen molar-refractivity contribution in [1.29, 1.82) is 0 Å². The van der Waals surface area contributed by atoms with Crippen molar-refractivity contribution in [3.05, 3.63) is 29.8 Å². The molecule has 1 unspecified atom stereocenters. The molecule has 100 valence electrons. The number of halogens is 1. The molecule has 0 aromatic heterocycles. The van der Waals surface area contributed by atoms with Crippen molar-refractivity contribution in [2.24, 2.45) is 0 Å². The van der Waals surface area contributed by atoms with Gasteiger partial charge in [0.05, 0.1) is 4.90 Å². The van der Waals surface area contributed by atoms with Crippen molar-refractivity contribution in [2.75, 3.05) is 13.1 Å². The Morgan fingerprint density at radius 1 is 1.22 bits per heavy atom. The molecule has 1 aliphatic heterocycles. The van der Waals surface area contributed by atoms with Crippen LogP contribution in [0.4, 0.5) is 0 Å². The molecule has 0 saturated carbocycles. The normalized spacial score (nSPS) is 22.7. The predicted molar refractivity (Wildman–Crippen MR) is 76.5 cm³/mol. The third-order valence-corrected chi connectivity index (χ3v) is 5.86. The highest BCUT2D eigenvalue weighted by Crippen LogP contribution is 2.23. The lowest BCUT2D eigenvalue weighted by Crippen LogP contribution is -2.34. The van der Waals surface area contributed by atoms with E-state index in [4.69, 9.17) is 0 Å². The maximum Gasteiger partial charge on any atom is 0.243 e. The van der Waals surface area contributed by atoms with Gasteiger partial charge in [0.25, 0.3) is 0 Å². The van der Waals surface area contributed by atoms with E-state index in [-0.39, 0.29) is 4.83 Å². The summed E-state index contributed by atoms with van der Waals surface area (Å²) in [4.78, 5) is 0.662. The third kappa shape index (κ3) is 3.13. The Bertz CT molecular complexity index is 498. The summed E-state index contributed by atoms with van der Waals surface area (Å²) in [5.41, 5.74) is 1.07. The smallest absolute Gasteiger partial charge is 0.207 e. The van der Waals surface area contributed by atoms with Gasteiger partial charge in [0, 0.05) is 17.9 Å². The summed E-state index contributed by atoms with van der Waals surface area (Å²) in [7, 11) is -3.33. The SMILES string of the molecule is Cc1ccc(S(=O)(=O)N2CCCCC(Br)C2)cc1. The Balaban J connectivity index is 2.26. The Hall–Kier alpha value is -0.390. The number of aryl methyl sites for hydroxylation is 1. The van der Waals surface area contributed by atoms with Gasteiger partial charge in [0.1, 0.15) is 0 Å². The van der Waals surface area contributed by atoms with E-state index in [0.717, 1.165) is 24.8 Å². The van der Waals surface area contributed by atoms with E-state index in [1.54, 1.807) is 16.4 Å². The van der Waals surface area contributed by atoms with Crippen LogP contribution in [0.3, 0.4) is 0 Å². The van der Waals surface area contributed by atoms with Gasteiger partial charge in [-0.15, -0.1) is 0 Å². The second-order valence-electron chi connectivity index (χ2n) is 4.77. The summed E-state index contributed by atoms with van der Waals surface area (Å²) in [6, 6.07) is 7.07. The molecule has 1 aromatic carbocycles. The molecule has 3 nitrogen and oxygen atoms in total. The zero-order valence-corrected chi connectivity index (χ0v) is 12.9. The van der Waals surface area contributed by atoms with Crippen LogP contribution in [0.1, 0.15) is 24.8 Å². The Kier molecular flexibility index (Phi) is 4.45. The summed E-state index contributed by atoms with van der Waals surface area (Å²) >= 11 is 3.55. The zero-order valence-electron chi connectivity index (χ0n) is 10.5. The standard InChI is InChI=1S/C13H18BrNO2S/c1-11-5-7-13(8-6-11)18(16,17)15-9-3-2-4-12(14)10-15/h5-8,12H,2-4,9-10H2,1H3. The van der Waals surface area contributed by atoms with Crippen LogP contribution in [0.2, 0.25) is 0 Å². The first-order chi connectivity index (χ1) is 8.50. The molecule has 1 saturated heterocycles. The molecule has 0 bridgehead atoms. The van der Waals surface area contributed by atoms with Crippen LogP contribution in [0, 0.1) is 6.92 Å². The Morgan fingerprint density at radius 2 is 1.89 bits per heavy atom. The molecule has 1 aromatic rings. The lowest BCUT2D eigenvalue weighted by Gasteiger charge is -2.21. The van der Waals surface area contributed by atoms with E-state index in [1.807, 2.05) is 19.1 Å². The van der Waals surface area contributed by atoms with Crippen LogP contribution in [0.25, 0.3) is 0 Å². The first-order valence-electron chi connectivity index (χ1n) is 6.21. The number of sulfonamides is 1. The number of alkyl halides is 1. The number of nitrogens with zero attached hydrogens (tertiary/aromatic N) is 1. The minimum Gasteiger partial charge on any atom is -0.207 e. The van der Waals surface area contributed by atoms with Crippen molar-refractivity contribution in [2.45, 2.75) is 35.9 Å². The second kappa shape index (κ2) is 5.72. The maximum atomic E-state index is 12.5. The first-order valence-corrected chi connectivity index (χ1v) is 8.56. The lowest BCUT2D eigenvalue weighted by molar-refractivity contribution is 0.427. The first kappa shape index (κ1) is 14.0. The molecule has 0 radical (unpaired) electrons. The molecule has 2 rings (SSSR count). The lowest BCUT2D eigenvalue weighted by atomic mass is 10.2. The maximum absolute atomic E-state index is 12.5. The largest absolute Gasteiger partial charge is 0.243 e. The van der Waals surface area contributed by atoms with E-state index in [2.05, 4.69) is 15.9 Å². The quantitative estimate of drug-likeness (QED) is 0.781. The van der Waals surface area contributed by atoms with Crippen molar-refractivity contribution in [3.8, 4) is 0 Å². The van der Waals surface area contributed by atoms with Crippen LogP contribution >= 0.6 is 15.9 Å². The second-order valence-corrected chi connectivity index (χ2v) is 8.00. The monoisotopic (exact) mass is 331 g/mol. The topological polar surface area (TPSA) is 37.4 Å². The summed E-state index contributed by atoms with van der Waals surface area (Å²) in [5.74, 6) is 0. The predicted octanol–water partition coefficient (Wildman–Crippen LogP) is 2.93. The van der Waals surface area contributed by atoms with E-state index >= 15 is 0 Å². The van der Waals surface area contributed by atoms with Gasteiger partial charge in [-0.1, -0.05) is 40.0 Å². The van der Waals surface area contributed by atoms with Crippen LogP contribution in [-0.4, -0.2) is 30.6 Å². The molecule has 1 heterocycles. The van der Waals surface area contributed by atoms with Gasteiger partial charge < -0.3 is 0 Å². The molecule has 0 N–H and O–H groups in total. The molecular formula is C13H18BrNO2S. The van der Waals surface area contributed by atoms with Crippen LogP contribution < -0.4 is 0 Å². The Labute approximate surface area is 117 Å². The molecule has 0 amide bonds. The average molecular weight is 332 g/mol. The van der Waals surface area contributed by atoms with E-state index in [1.165, 1.54) is 0 Å². The molecular weight excluding hydrogens is 314 g/mol. The highest BCUT2D eigenvalue weighted by atomic mass is 79.9. The Morgan fingerprint density at radius 3 is 2.56 bits per heavy atom. The van der Waals surface area contributed by atoms with E-state index in [0.29, 0.717) is 18.0 Å². The number of hydrogen-bond donors (Lipinski definition) is 0. The highest BCUT2D eigenvalue weighted by Gasteiger charge is 2.27. The molecule has 1 aliphatic rings. The fraction of sp³-hybridized carbons (Fsp3) is 0.538. The molecule has 0 aliphatic carbocycles. The zero-order chi connectivity index (χ0) is 13.2. The van der Waals surface area contributed by atoms with Crippen molar-refractivity contribution >= 4 is 26.0 Å². The van der Waals surface area contributed by atoms with Gasteiger partial charge in [-0.05, 0) is 31.9 Å². The third-order valence-electron chi connectivity index (χ3n) is 3.24. The van der Waals surface area contributed by atoms with E-state index < -0.39 is 10.0 Å². The van der Waals surface area contributed by atoms with Crippen LogP contribution in [0.5, 0.6) is 0 Å². The van der Waals surface area contributed by atoms with Gasteiger partial charge in [-0.3, -0.25) is 0 Å². The van der Waals surface area contributed by atoms with Gasteiger partial charge in [-0.25, -0.2) is 8.42 Å². The molecule has 1 atom stereocenters. The fourth-order valence-electron chi connectivity index (χ4n) is 2.14. The summed E-state index contributed by atoms with van der Waals surface area (Å²) < 4.78 is 26.6. The molecule has 5 heteroatoms. The van der Waals surface area contributed by atoms with Crippen molar-refractivity contribution in [3.63, 3.8) is 0 Å². The van der Waals surface area contributed by atoms with Crippen LogP contribution in [-0.2, 0) is 10.0 Å². The average Bonchev–Trinajstić information content (AvgIpc) is 2.55. The fourth-order valence-corrected chi connectivity index (χ4v) is 4.52. The number of benzene rings is 1. The van der Waals surface area contributed by atoms with Gasteiger partial charge >= 0.3 is 0 Å². The van der Waals surface area contributed by atoms with Crippen molar-refractivity contribution in [1.82, 2.24) is 4.31 Å². The van der Waals surface area contributed by atoms with Crippen LogP contribution in [0.15, 0.2) is 29.2 Å². The molecule has 0 spiro atoms.